The zero-order chi connectivity index (χ0) is 27.2. The third kappa shape index (κ3) is 3.95. The van der Waals surface area contributed by atoms with Gasteiger partial charge in [-0.05, 0) is 43.0 Å². The van der Waals surface area contributed by atoms with Crippen molar-refractivity contribution in [2.45, 2.75) is 33.6 Å². The van der Waals surface area contributed by atoms with Crippen LogP contribution in [0.2, 0.25) is 5.02 Å². The second kappa shape index (κ2) is 9.54. The van der Waals surface area contributed by atoms with E-state index in [2.05, 4.69) is 4.98 Å². The van der Waals surface area contributed by atoms with Crippen molar-refractivity contribution in [3.8, 4) is 11.4 Å². The molecule has 4 rings (SSSR count). The van der Waals surface area contributed by atoms with E-state index in [1.807, 2.05) is 0 Å². The highest BCUT2D eigenvalue weighted by Gasteiger charge is 2.31. The summed E-state index contributed by atoms with van der Waals surface area (Å²) in [6, 6.07) is 4.39. The van der Waals surface area contributed by atoms with E-state index in [1.54, 1.807) is 13.8 Å². The van der Waals surface area contributed by atoms with E-state index in [-0.39, 0.29) is 22.3 Å². The molecule has 4 aromatic rings. The van der Waals surface area contributed by atoms with Crippen molar-refractivity contribution in [2.24, 2.45) is 0 Å². The smallest absolute Gasteiger partial charge is 0.271 e. The molecule has 190 valence electrons. The number of nitro groups is 2. The van der Waals surface area contributed by atoms with Crippen LogP contribution in [0.15, 0.2) is 46.2 Å². The van der Waals surface area contributed by atoms with Crippen LogP contribution in [0, 0.1) is 33.0 Å². The molecule has 0 bridgehead atoms. The van der Waals surface area contributed by atoms with Crippen LogP contribution >= 0.6 is 11.6 Å². The predicted octanol–water partition coefficient (Wildman–Crippen LogP) is 4.58. The maximum Gasteiger partial charge on any atom is 0.353 e. The molecule has 0 aliphatic heterocycles. The number of halogens is 2. The first-order valence-electron chi connectivity index (χ1n) is 11.1. The molecule has 0 fully saturated rings. The number of nitrogens with zero attached hydrogens (tertiary/aromatic N) is 5. The number of aryl methyl sites for hydroxylation is 3. The summed E-state index contributed by atoms with van der Waals surface area (Å²) in [5, 5.41) is 22.9. The van der Waals surface area contributed by atoms with E-state index in [1.165, 1.54) is 25.4 Å². The van der Waals surface area contributed by atoms with Crippen molar-refractivity contribution < 1.29 is 14.2 Å². The van der Waals surface area contributed by atoms with Gasteiger partial charge in [-0.2, -0.15) is 0 Å². The van der Waals surface area contributed by atoms with Crippen LogP contribution in [-0.4, -0.2) is 24.0 Å². The minimum atomic E-state index is -1.17. The molecule has 37 heavy (non-hydrogen) atoms. The Morgan fingerprint density at radius 3 is 2.14 bits per heavy atom. The van der Waals surface area contributed by atoms with Crippen molar-refractivity contribution >= 4 is 33.9 Å². The first kappa shape index (κ1) is 25.6. The molecule has 3 heterocycles. The Morgan fingerprint density at radius 1 is 0.973 bits per heavy atom. The molecule has 3 aromatic heterocycles. The van der Waals surface area contributed by atoms with Crippen molar-refractivity contribution in [3.05, 3.63) is 105 Å². The third-order valence-electron chi connectivity index (χ3n) is 6.06. The van der Waals surface area contributed by atoms with Gasteiger partial charge in [0.25, 0.3) is 11.2 Å². The zero-order valence-electron chi connectivity index (χ0n) is 19.8. The fourth-order valence-electron chi connectivity index (χ4n) is 4.41. The Morgan fingerprint density at radius 2 is 1.59 bits per heavy atom. The number of para-hydroxylation sites is 1. The van der Waals surface area contributed by atoms with Gasteiger partial charge < -0.3 is 0 Å². The van der Waals surface area contributed by atoms with Crippen LogP contribution in [0.5, 0.6) is 0 Å². The summed E-state index contributed by atoms with van der Waals surface area (Å²) in [6.45, 7) is 4.93. The lowest BCUT2D eigenvalue weighted by molar-refractivity contribution is -0.386. The minimum absolute atomic E-state index is 0.00764. The molecule has 1 aromatic carbocycles. The van der Waals surface area contributed by atoms with E-state index >= 15 is 0 Å². The number of hydrogen-bond acceptors (Lipinski definition) is 7. The average Bonchev–Trinajstić information content (AvgIpc) is 2.85. The molecule has 13 heteroatoms. The zero-order valence-corrected chi connectivity index (χ0v) is 20.6. The van der Waals surface area contributed by atoms with E-state index in [4.69, 9.17) is 11.6 Å². The topological polar surface area (TPSA) is 143 Å². The Bertz CT molecular complexity index is 1720. The van der Waals surface area contributed by atoms with Crippen molar-refractivity contribution in [1.82, 2.24) is 14.1 Å². The first-order valence-corrected chi connectivity index (χ1v) is 11.5. The summed E-state index contributed by atoms with van der Waals surface area (Å²) in [4.78, 5) is 53.6. The van der Waals surface area contributed by atoms with Gasteiger partial charge in [-0.15, -0.1) is 0 Å². The third-order valence-corrected chi connectivity index (χ3v) is 6.45. The molecule has 0 aliphatic carbocycles. The monoisotopic (exact) mass is 527 g/mol. The first-order chi connectivity index (χ1) is 17.5. The summed E-state index contributed by atoms with van der Waals surface area (Å²) < 4.78 is 16.7. The molecule has 0 aliphatic rings. The summed E-state index contributed by atoms with van der Waals surface area (Å²) in [5.41, 5.74) is -3.58. The second-order valence-electron chi connectivity index (χ2n) is 8.13. The number of benzene rings is 1. The molecular formula is C24H19ClFN5O6. The lowest BCUT2D eigenvalue weighted by atomic mass is 10.1. The fourth-order valence-corrected chi connectivity index (χ4v) is 4.70. The molecule has 11 nitrogen and oxygen atoms in total. The molecule has 0 saturated heterocycles. The van der Waals surface area contributed by atoms with Gasteiger partial charge in [0.2, 0.25) is 0 Å². The fraction of sp³-hybridized carbons (Fsp3) is 0.208. The van der Waals surface area contributed by atoms with Crippen molar-refractivity contribution in [3.63, 3.8) is 0 Å². The van der Waals surface area contributed by atoms with Crippen LogP contribution in [0.1, 0.15) is 30.7 Å². The molecule has 0 unspecified atom stereocenters. The van der Waals surface area contributed by atoms with Crippen LogP contribution in [-0.2, 0) is 12.8 Å². The molecule has 0 N–H and O–H groups in total. The molecule has 0 atom stereocenters. The molecule has 0 radical (unpaired) electrons. The van der Waals surface area contributed by atoms with E-state index < -0.39 is 48.9 Å². The molecular weight excluding hydrogens is 509 g/mol. The number of fused-ring (bicyclic) bond motifs is 1. The highest BCUT2D eigenvalue weighted by molar-refractivity contribution is 6.37. The van der Waals surface area contributed by atoms with Gasteiger partial charge in [0.15, 0.2) is 11.5 Å². The number of aromatic nitrogens is 3. The molecule has 0 saturated carbocycles. The Hall–Kier alpha value is -4.45. The Labute approximate surface area is 212 Å². The predicted molar refractivity (Wildman–Crippen MR) is 135 cm³/mol. The largest absolute Gasteiger partial charge is 0.353 e. The number of hydrogen-bond donors (Lipinski definition) is 0. The van der Waals surface area contributed by atoms with Crippen molar-refractivity contribution in [2.75, 3.05) is 0 Å². The van der Waals surface area contributed by atoms with E-state index in [0.717, 1.165) is 27.3 Å². The van der Waals surface area contributed by atoms with Crippen LogP contribution in [0.3, 0.4) is 0 Å². The second-order valence-corrected chi connectivity index (χ2v) is 8.50. The number of nitro benzene ring substituents is 1. The van der Waals surface area contributed by atoms with Gasteiger partial charge in [-0.25, -0.2) is 4.39 Å². The highest BCUT2D eigenvalue weighted by Crippen LogP contribution is 2.33. The summed E-state index contributed by atoms with van der Waals surface area (Å²) in [6.07, 6.45) is 3.67. The number of rotatable bonds is 6. The summed E-state index contributed by atoms with van der Waals surface area (Å²) in [5.74, 6) is -1.05. The van der Waals surface area contributed by atoms with Crippen molar-refractivity contribution in [1.29, 1.82) is 0 Å². The van der Waals surface area contributed by atoms with E-state index in [9.17, 15) is 34.2 Å². The van der Waals surface area contributed by atoms with Gasteiger partial charge >= 0.3 is 11.2 Å². The van der Waals surface area contributed by atoms with E-state index in [0.29, 0.717) is 24.0 Å². The summed E-state index contributed by atoms with van der Waals surface area (Å²) >= 11 is 6.31. The normalized spacial score (nSPS) is 11.2. The number of pyridine rings is 3. The SMILES string of the molecule is CCc1cncc(CC)c1-n1c(=O)c([N+](=O)[O-])c(Cl)c2cc(C)n(-c3c(F)cccc3[N+](=O)[O-])c(=O)c21. The van der Waals surface area contributed by atoms with Gasteiger partial charge in [0, 0.05) is 29.5 Å². The quantitative estimate of drug-likeness (QED) is 0.264. The molecule has 0 amide bonds. The van der Waals surface area contributed by atoms with Gasteiger partial charge in [0.1, 0.15) is 10.5 Å². The average molecular weight is 528 g/mol. The minimum Gasteiger partial charge on any atom is -0.271 e. The van der Waals surface area contributed by atoms with Crippen LogP contribution < -0.4 is 11.1 Å². The maximum atomic E-state index is 15.0. The van der Waals surface area contributed by atoms with Gasteiger partial charge in [-0.3, -0.25) is 43.9 Å². The Balaban J connectivity index is 2.36. The highest BCUT2D eigenvalue weighted by atomic mass is 35.5. The van der Waals surface area contributed by atoms with Gasteiger partial charge in [0.05, 0.1) is 15.5 Å². The van der Waals surface area contributed by atoms with Crippen LogP contribution in [0.25, 0.3) is 22.3 Å². The van der Waals surface area contributed by atoms with Crippen LogP contribution in [0.4, 0.5) is 15.8 Å². The lowest BCUT2D eigenvalue weighted by Crippen LogP contribution is -2.31. The Kier molecular flexibility index (Phi) is 6.61. The standard InChI is InChI=1S/C24H19ClFN5O6/c1-4-13-10-27-11-14(5-2)19(13)29-20-15(18(25)22(24(29)33)31(36)37)9-12(3)28(23(20)32)21-16(26)7-6-8-17(21)30(34)35/h6-11H,4-5H2,1-3H3. The maximum absolute atomic E-state index is 15.0. The lowest BCUT2D eigenvalue weighted by Gasteiger charge is -2.19. The molecule has 0 spiro atoms. The van der Waals surface area contributed by atoms with Gasteiger partial charge in [-0.1, -0.05) is 31.5 Å². The summed E-state index contributed by atoms with van der Waals surface area (Å²) in [7, 11) is 0.